The average molecular weight is 440 g/mol. The predicted molar refractivity (Wildman–Crippen MR) is 127 cm³/mol. The third kappa shape index (κ3) is 3.21. The van der Waals surface area contributed by atoms with Gasteiger partial charge in [-0.3, -0.25) is 4.79 Å². The van der Waals surface area contributed by atoms with Crippen LogP contribution < -0.4 is 0 Å². The average Bonchev–Trinajstić information content (AvgIpc) is 3.14. The molecule has 0 aromatic heterocycles. The number of carbonyl (C=O) groups excluding carboxylic acids is 1. The van der Waals surface area contributed by atoms with Gasteiger partial charge in [0, 0.05) is 13.3 Å². The Labute approximate surface area is 194 Å². The van der Waals surface area contributed by atoms with Crippen molar-refractivity contribution in [2.75, 3.05) is 0 Å². The van der Waals surface area contributed by atoms with Crippen LogP contribution in [0.3, 0.4) is 0 Å². The van der Waals surface area contributed by atoms with Crippen molar-refractivity contribution < 1.29 is 18.8 Å². The van der Waals surface area contributed by atoms with Crippen molar-refractivity contribution in [1.29, 1.82) is 0 Å². The van der Waals surface area contributed by atoms with Gasteiger partial charge >= 0.3 is 13.1 Å². The fraction of sp³-hybridized carbons (Fsp3) is 0.815. The van der Waals surface area contributed by atoms with Crippen LogP contribution in [-0.2, 0) is 18.8 Å². The van der Waals surface area contributed by atoms with Crippen molar-refractivity contribution in [3.05, 3.63) is 23.2 Å². The monoisotopic (exact) mass is 440 g/mol. The van der Waals surface area contributed by atoms with Crippen LogP contribution in [0.4, 0.5) is 0 Å². The lowest BCUT2D eigenvalue weighted by Crippen LogP contribution is -2.51. The van der Waals surface area contributed by atoms with Gasteiger partial charge < -0.3 is 14.0 Å². The SMILES string of the molecule is CC(=O)OC1CC[C@@]2(C)C(=CCC3C2CC[C@]2(C)C(B4OC(C)(C)C(C)(C)O4)=CCC32)C1. The molecule has 4 aliphatic carbocycles. The molecule has 0 radical (unpaired) electrons. The normalized spacial score (nSPS) is 44.2. The van der Waals surface area contributed by atoms with Gasteiger partial charge in [0.05, 0.1) is 11.2 Å². The number of carbonyl (C=O) groups is 1. The van der Waals surface area contributed by atoms with E-state index in [1.807, 2.05) is 0 Å². The second kappa shape index (κ2) is 7.22. The van der Waals surface area contributed by atoms with E-state index in [1.165, 1.54) is 25.2 Å². The molecule has 0 N–H and O–H groups in total. The standard InChI is InChI=1S/C27H41BO4/c1-17(29)30-19-12-14-26(6)18(16-19)8-9-20-21-10-11-23(27(21,7)15-13-22(20)26)28-31-24(2,3)25(4,5)32-28/h8,11,19-22H,9-10,12-16H2,1-7H3/t19?,20?,21?,22?,26-,27-/m0/s1. The Balaban J connectivity index is 1.37. The first-order valence-electron chi connectivity index (χ1n) is 12.8. The van der Waals surface area contributed by atoms with Crippen LogP contribution >= 0.6 is 0 Å². The Morgan fingerprint density at radius 1 is 0.938 bits per heavy atom. The van der Waals surface area contributed by atoms with Crippen molar-refractivity contribution in [2.24, 2.45) is 28.6 Å². The summed E-state index contributed by atoms with van der Waals surface area (Å²) in [5, 5.41) is 0. The van der Waals surface area contributed by atoms with E-state index in [4.69, 9.17) is 14.0 Å². The third-order valence-electron chi connectivity index (χ3n) is 10.5. The molecular weight excluding hydrogens is 399 g/mol. The van der Waals surface area contributed by atoms with E-state index in [0.29, 0.717) is 11.8 Å². The molecule has 5 rings (SSSR count). The Hall–Kier alpha value is -1.07. The fourth-order valence-electron chi connectivity index (χ4n) is 7.90. The molecule has 0 bridgehead atoms. The lowest BCUT2D eigenvalue weighted by molar-refractivity contribution is -0.148. The van der Waals surface area contributed by atoms with E-state index in [2.05, 4.69) is 53.7 Å². The van der Waals surface area contributed by atoms with Crippen molar-refractivity contribution in [2.45, 2.75) is 111 Å². The quantitative estimate of drug-likeness (QED) is 0.298. The molecule has 32 heavy (non-hydrogen) atoms. The summed E-state index contributed by atoms with van der Waals surface area (Å²) in [5.74, 6) is 1.96. The highest BCUT2D eigenvalue weighted by molar-refractivity contribution is 6.55. The van der Waals surface area contributed by atoms with Crippen LogP contribution in [0.2, 0.25) is 0 Å². The van der Waals surface area contributed by atoms with Crippen LogP contribution in [0.15, 0.2) is 23.2 Å². The van der Waals surface area contributed by atoms with Crippen LogP contribution in [0.5, 0.6) is 0 Å². The van der Waals surface area contributed by atoms with Gasteiger partial charge in [0.15, 0.2) is 0 Å². The summed E-state index contributed by atoms with van der Waals surface area (Å²) in [6.45, 7) is 15.1. The molecule has 5 heteroatoms. The zero-order valence-electron chi connectivity index (χ0n) is 21.1. The van der Waals surface area contributed by atoms with Crippen molar-refractivity contribution in [3.63, 3.8) is 0 Å². The Morgan fingerprint density at radius 3 is 2.25 bits per heavy atom. The second-order valence-electron chi connectivity index (χ2n) is 12.7. The topological polar surface area (TPSA) is 44.8 Å². The van der Waals surface area contributed by atoms with Gasteiger partial charge in [0.2, 0.25) is 0 Å². The highest BCUT2D eigenvalue weighted by atomic mass is 16.7. The maximum absolute atomic E-state index is 11.5. The largest absolute Gasteiger partial charge is 0.490 e. The first-order valence-corrected chi connectivity index (χ1v) is 12.8. The number of ether oxygens (including phenoxy) is 1. The number of hydrogen-bond donors (Lipinski definition) is 0. The van der Waals surface area contributed by atoms with Gasteiger partial charge in [-0.15, -0.1) is 0 Å². The Kier molecular flexibility index (Phi) is 5.12. The molecule has 6 atom stereocenters. The lowest BCUT2D eigenvalue weighted by Gasteiger charge is -2.58. The zero-order chi connectivity index (χ0) is 23.1. The second-order valence-corrected chi connectivity index (χ2v) is 12.7. The minimum Gasteiger partial charge on any atom is -0.462 e. The van der Waals surface area contributed by atoms with Gasteiger partial charge in [0.25, 0.3) is 0 Å². The number of fused-ring (bicyclic) bond motifs is 5. The first kappa shape index (κ1) is 22.7. The summed E-state index contributed by atoms with van der Waals surface area (Å²) < 4.78 is 18.6. The molecule has 1 saturated heterocycles. The van der Waals surface area contributed by atoms with Gasteiger partial charge in [0.1, 0.15) is 6.10 Å². The van der Waals surface area contributed by atoms with E-state index >= 15 is 0 Å². The third-order valence-corrected chi connectivity index (χ3v) is 10.5. The van der Waals surface area contributed by atoms with E-state index in [-0.39, 0.29) is 41.2 Å². The molecule has 4 unspecified atom stereocenters. The minimum absolute atomic E-state index is 0.0698. The molecule has 1 heterocycles. The summed E-state index contributed by atoms with van der Waals surface area (Å²) in [6.07, 6.45) is 12.9. The van der Waals surface area contributed by atoms with Crippen molar-refractivity contribution >= 4 is 13.1 Å². The Bertz CT molecular complexity index is 857. The smallest absolute Gasteiger partial charge is 0.462 e. The lowest BCUT2D eigenvalue weighted by atomic mass is 9.45. The molecule has 0 aromatic rings. The molecule has 4 nitrogen and oxygen atoms in total. The van der Waals surface area contributed by atoms with Crippen molar-refractivity contribution in [3.8, 4) is 0 Å². The summed E-state index contributed by atoms with van der Waals surface area (Å²) in [5.41, 5.74) is 2.80. The molecule has 3 fully saturated rings. The zero-order valence-corrected chi connectivity index (χ0v) is 21.1. The summed E-state index contributed by atoms with van der Waals surface area (Å²) >= 11 is 0. The van der Waals surface area contributed by atoms with E-state index < -0.39 is 0 Å². The van der Waals surface area contributed by atoms with Gasteiger partial charge in [-0.25, -0.2) is 0 Å². The minimum atomic E-state index is -0.291. The molecule has 1 aliphatic heterocycles. The molecular formula is C27H41BO4. The molecule has 0 spiro atoms. The molecule has 176 valence electrons. The van der Waals surface area contributed by atoms with Crippen LogP contribution in [0, 0.1) is 28.6 Å². The summed E-state index contributed by atoms with van der Waals surface area (Å²) in [4.78, 5) is 11.5. The molecule has 0 aromatic carbocycles. The van der Waals surface area contributed by atoms with Crippen LogP contribution in [0.25, 0.3) is 0 Å². The number of esters is 1. The summed E-state index contributed by atoms with van der Waals surface area (Å²) in [6, 6.07) is 0. The number of allylic oxidation sites excluding steroid dienone is 3. The molecule has 0 amide bonds. The van der Waals surface area contributed by atoms with Crippen molar-refractivity contribution in [1.82, 2.24) is 0 Å². The molecule has 5 aliphatic rings. The highest BCUT2D eigenvalue weighted by Gasteiger charge is 2.61. The maximum Gasteiger partial charge on any atom is 0.490 e. The highest BCUT2D eigenvalue weighted by Crippen LogP contribution is 2.65. The Morgan fingerprint density at radius 2 is 1.59 bits per heavy atom. The maximum atomic E-state index is 11.5. The summed E-state index contributed by atoms with van der Waals surface area (Å²) in [7, 11) is -0.212. The van der Waals surface area contributed by atoms with Crippen LogP contribution in [0.1, 0.15) is 93.4 Å². The van der Waals surface area contributed by atoms with E-state index in [1.54, 1.807) is 5.57 Å². The van der Waals surface area contributed by atoms with Gasteiger partial charge in [-0.1, -0.05) is 31.6 Å². The van der Waals surface area contributed by atoms with Crippen LogP contribution in [-0.4, -0.2) is 30.4 Å². The van der Waals surface area contributed by atoms with Gasteiger partial charge in [-0.2, -0.15) is 0 Å². The predicted octanol–water partition coefficient (Wildman–Crippen LogP) is 6.05. The van der Waals surface area contributed by atoms with E-state index in [9.17, 15) is 4.79 Å². The number of hydrogen-bond acceptors (Lipinski definition) is 4. The number of rotatable bonds is 2. The molecule has 2 saturated carbocycles. The first-order chi connectivity index (χ1) is 14.9. The fourth-order valence-corrected chi connectivity index (χ4v) is 7.90. The van der Waals surface area contributed by atoms with Gasteiger partial charge in [-0.05, 0) is 100 Å². The van der Waals surface area contributed by atoms with E-state index in [0.717, 1.165) is 38.0 Å².